The average molecular weight is 386 g/mol. The number of hydrogen-bond donors (Lipinski definition) is 2. The predicted octanol–water partition coefficient (Wildman–Crippen LogP) is 3.68. The highest BCUT2D eigenvalue weighted by molar-refractivity contribution is 7.18. The number of nitrogens with two attached hydrogens (primary N) is 1. The van der Waals surface area contributed by atoms with Crippen molar-refractivity contribution in [3.05, 3.63) is 44.3 Å². The summed E-state index contributed by atoms with van der Waals surface area (Å²) in [7, 11) is 0. The van der Waals surface area contributed by atoms with Crippen LogP contribution in [0.4, 0.5) is 5.13 Å². The van der Waals surface area contributed by atoms with Gasteiger partial charge in [-0.25, -0.2) is 4.98 Å². The number of primary amides is 1. The van der Waals surface area contributed by atoms with Crippen LogP contribution in [-0.2, 0) is 6.54 Å². The molecule has 0 aliphatic carbocycles. The van der Waals surface area contributed by atoms with E-state index in [9.17, 15) is 4.79 Å². The molecule has 1 aromatic carbocycles. The van der Waals surface area contributed by atoms with Gasteiger partial charge >= 0.3 is 0 Å². The third-order valence-corrected chi connectivity index (χ3v) is 5.10. The number of benzene rings is 1. The first kappa shape index (κ1) is 16.1. The molecule has 0 unspecified atom stereocenters. The summed E-state index contributed by atoms with van der Waals surface area (Å²) in [5, 5.41) is 14.4. The van der Waals surface area contributed by atoms with Gasteiger partial charge in [-0.05, 0) is 18.2 Å². The van der Waals surface area contributed by atoms with Gasteiger partial charge in [0.25, 0.3) is 5.91 Å². The molecule has 1 amide bonds. The summed E-state index contributed by atoms with van der Waals surface area (Å²) in [6.07, 6.45) is 1.46. The molecular formula is C13H9Cl2N5OS2. The largest absolute Gasteiger partial charge is 0.365 e. The Kier molecular flexibility index (Phi) is 4.76. The predicted molar refractivity (Wildman–Crippen MR) is 93.3 cm³/mol. The van der Waals surface area contributed by atoms with Crippen molar-refractivity contribution in [2.45, 2.75) is 6.54 Å². The number of carbonyl (C=O) groups is 1. The Morgan fingerprint density at radius 1 is 1.17 bits per heavy atom. The number of hydrogen-bond acceptors (Lipinski definition) is 7. The highest BCUT2D eigenvalue weighted by Gasteiger charge is 2.10. The summed E-state index contributed by atoms with van der Waals surface area (Å²) in [4.78, 5) is 15.6. The summed E-state index contributed by atoms with van der Waals surface area (Å²) in [6, 6.07) is 5.21. The monoisotopic (exact) mass is 385 g/mol. The summed E-state index contributed by atoms with van der Waals surface area (Å²) < 4.78 is 0. The second-order valence-corrected chi connectivity index (χ2v) is 7.37. The van der Waals surface area contributed by atoms with Crippen LogP contribution in [0.15, 0.2) is 24.4 Å². The standard InChI is InChI=1S/C13H9Cl2N5OS2/c14-7-1-6(2-8(15)3-7)12-19-20-13(23-12)18-5-10-17-4-9(22-10)11(16)21/h1-4H,5H2,(H2,16,21)(H,18,20). The Morgan fingerprint density at radius 3 is 2.57 bits per heavy atom. The fourth-order valence-corrected chi connectivity index (χ4v) is 3.71. The van der Waals surface area contributed by atoms with Gasteiger partial charge in [-0.3, -0.25) is 4.79 Å². The normalized spacial score (nSPS) is 10.7. The van der Waals surface area contributed by atoms with Gasteiger partial charge in [0, 0.05) is 15.6 Å². The van der Waals surface area contributed by atoms with Crippen LogP contribution in [-0.4, -0.2) is 21.1 Å². The van der Waals surface area contributed by atoms with Crippen LogP contribution in [0.2, 0.25) is 10.0 Å². The number of nitrogens with one attached hydrogen (secondary N) is 1. The minimum absolute atomic E-state index is 0.424. The topological polar surface area (TPSA) is 93.8 Å². The second kappa shape index (κ2) is 6.79. The molecule has 0 atom stereocenters. The molecule has 0 bridgehead atoms. The first-order chi connectivity index (χ1) is 11.0. The van der Waals surface area contributed by atoms with Crippen molar-refractivity contribution in [2.24, 2.45) is 5.73 Å². The van der Waals surface area contributed by atoms with Gasteiger partial charge in [0.15, 0.2) is 0 Å². The van der Waals surface area contributed by atoms with Crippen LogP contribution in [0.25, 0.3) is 10.6 Å². The third kappa shape index (κ3) is 3.97. The van der Waals surface area contributed by atoms with Crippen LogP contribution >= 0.6 is 45.9 Å². The Morgan fingerprint density at radius 2 is 1.91 bits per heavy atom. The number of aromatic nitrogens is 3. The minimum atomic E-state index is -0.482. The van der Waals surface area contributed by atoms with E-state index in [0.717, 1.165) is 10.6 Å². The molecule has 3 rings (SSSR count). The zero-order chi connectivity index (χ0) is 16.4. The van der Waals surface area contributed by atoms with Crippen molar-refractivity contribution in [3.8, 4) is 10.6 Å². The number of carbonyl (C=O) groups excluding carboxylic acids is 1. The lowest BCUT2D eigenvalue weighted by Gasteiger charge is -1.98. The average Bonchev–Trinajstić information content (AvgIpc) is 3.13. The number of anilines is 1. The van der Waals surface area contributed by atoms with E-state index in [1.54, 1.807) is 18.2 Å². The van der Waals surface area contributed by atoms with Crippen molar-refractivity contribution in [3.63, 3.8) is 0 Å². The Hall–Kier alpha value is -1.74. The molecule has 0 saturated heterocycles. The summed E-state index contributed by atoms with van der Waals surface area (Å²) in [6.45, 7) is 0.433. The Balaban J connectivity index is 1.70. The molecule has 0 aliphatic rings. The fraction of sp³-hybridized carbons (Fsp3) is 0.0769. The van der Waals surface area contributed by atoms with Gasteiger partial charge in [0.05, 0.1) is 12.7 Å². The molecule has 0 aliphatic heterocycles. The number of thiazole rings is 1. The molecule has 0 radical (unpaired) electrons. The molecule has 23 heavy (non-hydrogen) atoms. The zero-order valence-corrected chi connectivity index (χ0v) is 14.6. The van der Waals surface area contributed by atoms with Crippen molar-refractivity contribution in [1.29, 1.82) is 0 Å². The van der Waals surface area contributed by atoms with Crippen LogP contribution in [0.5, 0.6) is 0 Å². The van der Waals surface area contributed by atoms with E-state index >= 15 is 0 Å². The molecule has 10 heteroatoms. The first-order valence-corrected chi connectivity index (χ1v) is 8.68. The van der Waals surface area contributed by atoms with Gasteiger partial charge in [0.1, 0.15) is 14.9 Å². The molecule has 118 valence electrons. The number of nitrogens with zero attached hydrogens (tertiary/aromatic N) is 3. The van der Waals surface area contributed by atoms with Gasteiger partial charge in [-0.15, -0.1) is 21.5 Å². The van der Waals surface area contributed by atoms with Gasteiger partial charge in [-0.1, -0.05) is 34.5 Å². The molecule has 3 aromatic rings. The highest BCUT2D eigenvalue weighted by atomic mass is 35.5. The molecule has 2 aromatic heterocycles. The summed E-state index contributed by atoms with van der Waals surface area (Å²) in [5.41, 5.74) is 6.00. The molecule has 0 fully saturated rings. The van der Waals surface area contributed by atoms with Crippen molar-refractivity contribution in [2.75, 3.05) is 5.32 Å². The van der Waals surface area contributed by atoms with E-state index in [1.165, 1.54) is 28.9 Å². The highest BCUT2D eigenvalue weighted by Crippen LogP contribution is 2.31. The molecule has 0 spiro atoms. The van der Waals surface area contributed by atoms with Crippen LogP contribution in [0, 0.1) is 0 Å². The van der Waals surface area contributed by atoms with Gasteiger partial charge < -0.3 is 11.1 Å². The number of amides is 1. The molecular weight excluding hydrogens is 377 g/mol. The van der Waals surface area contributed by atoms with Crippen molar-refractivity contribution >= 4 is 56.9 Å². The van der Waals surface area contributed by atoms with E-state index in [2.05, 4.69) is 20.5 Å². The van der Waals surface area contributed by atoms with E-state index < -0.39 is 5.91 Å². The Labute approximate surface area is 149 Å². The molecule has 3 N–H and O–H groups in total. The maximum absolute atomic E-state index is 11.0. The van der Waals surface area contributed by atoms with Gasteiger partial charge in [0.2, 0.25) is 5.13 Å². The van der Waals surface area contributed by atoms with E-state index in [0.29, 0.717) is 31.6 Å². The summed E-state index contributed by atoms with van der Waals surface area (Å²) >= 11 is 14.6. The fourth-order valence-electron chi connectivity index (χ4n) is 1.75. The lowest BCUT2D eigenvalue weighted by molar-refractivity contribution is 0.100. The van der Waals surface area contributed by atoms with Crippen LogP contribution < -0.4 is 11.1 Å². The van der Waals surface area contributed by atoms with Crippen molar-refractivity contribution < 1.29 is 4.79 Å². The smallest absolute Gasteiger partial charge is 0.260 e. The SMILES string of the molecule is NC(=O)c1cnc(CNc2nnc(-c3cc(Cl)cc(Cl)c3)s2)s1. The van der Waals surface area contributed by atoms with E-state index in [-0.39, 0.29) is 0 Å². The first-order valence-electron chi connectivity index (χ1n) is 6.29. The second-order valence-electron chi connectivity index (χ2n) is 4.41. The quantitative estimate of drug-likeness (QED) is 0.698. The number of halogens is 2. The Bertz CT molecular complexity index is 843. The molecule has 0 saturated carbocycles. The van der Waals surface area contributed by atoms with E-state index in [1.807, 2.05) is 0 Å². The van der Waals surface area contributed by atoms with Crippen molar-refractivity contribution in [1.82, 2.24) is 15.2 Å². The lowest BCUT2D eigenvalue weighted by atomic mass is 10.2. The van der Waals surface area contributed by atoms with Crippen LogP contribution in [0.1, 0.15) is 14.7 Å². The maximum Gasteiger partial charge on any atom is 0.260 e. The maximum atomic E-state index is 11.0. The van der Waals surface area contributed by atoms with Crippen LogP contribution in [0.3, 0.4) is 0 Å². The lowest BCUT2D eigenvalue weighted by Crippen LogP contribution is -2.08. The van der Waals surface area contributed by atoms with Gasteiger partial charge in [-0.2, -0.15) is 0 Å². The summed E-state index contributed by atoms with van der Waals surface area (Å²) in [5.74, 6) is -0.482. The zero-order valence-electron chi connectivity index (χ0n) is 11.4. The minimum Gasteiger partial charge on any atom is -0.365 e. The molecule has 2 heterocycles. The number of rotatable bonds is 5. The molecule has 6 nitrogen and oxygen atoms in total. The third-order valence-electron chi connectivity index (χ3n) is 2.72. The van der Waals surface area contributed by atoms with E-state index in [4.69, 9.17) is 28.9 Å².